The van der Waals surface area contributed by atoms with E-state index in [9.17, 15) is 14.4 Å². The zero-order chi connectivity index (χ0) is 21.4. The van der Waals surface area contributed by atoms with Crippen molar-refractivity contribution in [3.8, 4) is 5.88 Å². The number of esters is 1. The molecule has 0 saturated heterocycles. The number of benzene rings is 1. The Kier molecular flexibility index (Phi) is 7.70. The number of nitrogens with one attached hydrogen (secondary N) is 2. The van der Waals surface area contributed by atoms with Gasteiger partial charge in [0.25, 0.3) is 5.91 Å². The number of anilines is 1. The van der Waals surface area contributed by atoms with E-state index in [0.29, 0.717) is 6.61 Å². The topological polar surface area (TPSA) is 107 Å². The Hall–Kier alpha value is -3.42. The molecular formula is C21H25N3O5. The van der Waals surface area contributed by atoms with Crippen molar-refractivity contribution in [1.82, 2.24) is 10.3 Å². The number of amides is 2. The van der Waals surface area contributed by atoms with Crippen molar-refractivity contribution in [2.24, 2.45) is 0 Å². The number of hydrogen-bond donors (Lipinski definition) is 2. The van der Waals surface area contributed by atoms with Crippen LogP contribution >= 0.6 is 0 Å². The average Bonchev–Trinajstić information content (AvgIpc) is 2.68. The molecule has 1 heterocycles. The van der Waals surface area contributed by atoms with Crippen molar-refractivity contribution in [3.05, 3.63) is 52.7 Å². The predicted molar refractivity (Wildman–Crippen MR) is 108 cm³/mol. The molecule has 2 amide bonds. The maximum Gasteiger partial charge on any atom is 0.344 e. The monoisotopic (exact) mass is 399 g/mol. The Bertz CT molecular complexity index is 888. The quantitative estimate of drug-likeness (QED) is 0.660. The van der Waals surface area contributed by atoms with Gasteiger partial charge in [-0.15, -0.1) is 0 Å². The van der Waals surface area contributed by atoms with E-state index in [4.69, 9.17) is 9.47 Å². The number of rotatable bonds is 8. The lowest BCUT2D eigenvalue weighted by molar-refractivity contribution is -0.126. The van der Waals surface area contributed by atoms with Gasteiger partial charge in [-0.3, -0.25) is 9.59 Å². The van der Waals surface area contributed by atoms with Gasteiger partial charge in [0.05, 0.1) is 13.2 Å². The van der Waals surface area contributed by atoms with Gasteiger partial charge in [0, 0.05) is 11.9 Å². The highest BCUT2D eigenvalue weighted by Crippen LogP contribution is 2.21. The van der Waals surface area contributed by atoms with E-state index < -0.39 is 18.5 Å². The van der Waals surface area contributed by atoms with Crippen LogP contribution in [0.1, 0.15) is 34.0 Å². The van der Waals surface area contributed by atoms with Crippen LogP contribution in [-0.2, 0) is 14.3 Å². The van der Waals surface area contributed by atoms with Crippen molar-refractivity contribution < 1.29 is 23.9 Å². The summed E-state index contributed by atoms with van der Waals surface area (Å²) >= 11 is 0. The lowest BCUT2D eigenvalue weighted by Gasteiger charge is -2.13. The maximum atomic E-state index is 12.1. The van der Waals surface area contributed by atoms with Crippen LogP contribution in [0.25, 0.3) is 0 Å². The van der Waals surface area contributed by atoms with E-state index in [0.717, 1.165) is 22.4 Å². The molecule has 154 valence electrons. The zero-order valence-corrected chi connectivity index (χ0v) is 17.0. The molecule has 2 aromatic rings. The number of pyridine rings is 1. The molecule has 0 aliphatic heterocycles. The SMILES string of the molecule is CCOc1ncccc1C(=O)OCC(=O)NCC(=O)Nc1c(C)cc(C)cc1C. The van der Waals surface area contributed by atoms with Crippen LogP contribution in [-0.4, -0.2) is 42.5 Å². The minimum absolute atomic E-state index is 0.130. The van der Waals surface area contributed by atoms with Gasteiger partial charge >= 0.3 is 5.97 Å². The summed E-state index contributed by atoms with van der Waals surface area (Å²) in [5, 5.41) is 5.21. The summed E-state index contributed by atoms with van der Waals surface area (Å²) < 4.78 is 10.2. The molecule has 8 heteroatoms. The van der Waals surface area contributed by atoms with Gasteiger partial charge in [0.1, 0.15) is 5.56 Å². The molecule has 0 atom stereocenters. The van der Waals surface area contributed by atoms with Gasteiger partial charge < -0.3 is 20.1 Å². The van der Waals surface area contributed by atoms with Gasteiger partial charge in [-0.2, -0.15) is 0 Å². The van der Waals surface area contributed by atoms with Crippen molar-refractivity contribution in [2.45, 2.75) is 27.7 Å². The second-order valence-corrected chi connectivity index (χ2v) is 6.46. The molecule has 2 rings (SSSR count). The molecule has 29 heavy (non-hydrogen) atoms. The molecule has 0 aliphatic rings. The minimum atomic E-state index is -0.730. The van der Waals surface area contributed by atoms with Crippen molar-refractivity contribution >= 4 is 23.5 Å². The fraction of sp³-hybridized carbons (Fsp3) is 0.333. The third kappa shape index (κ3) is 6.31. The molecule has 2 N–H and O–H groups in total. The fourth-order valence-corrected chi connectivity index (χ4v) is 2.80. The van der Waals surface area contributed by atoms with E-state index in [1.54, 1.807) is 13.0 Å². The highest BCUT2D eigenvalue weighted by Gasteiger charge is 2.17. The first-order valence-corrected chi connectivity index (χ1v) is 9.21. The number of ether oxygens (including phenoxy) is 2. The molecule has 0 saturated carbocycles. The largest absolute Gasteiger partial charge is 0.477 e. The van der Waals surface area contributed by atoms with E-state index >= 15 is 0 Å². The molecule has 0 fully saturated rings. The number of nitrogens with zero attached hydrogens (tertiary/aromatic N) is 1. The summed E-state index contributed by atoms with van der Waals surface area (Å²) in [5.74, 6) is -1.55. The van der Waals surface area contributed by atoms with Crippen LogP contribution in [0.2, 0.25) is 0 Å². The average molecular weight is 399 g/mol. The molecule has 0 bridgehead atoms. The number of aryl methyl sites for hydroxylation is 3. The van der Waals surface area contributed by atoms with E-state index in [2.05, 4.69) is 15.6 Å². The van der Waals surface area contributed by atoms with Crippen molar-refractivity contribution in [2.75, 3.05) is 25.1 Å². The first-order chi connectivity index (χ1) is 13.8. The fourth-order valence-electron chi connectivity index (χ4n) is 2.80. The normalized spacial score (nSPS) is 10.2. The van der Waals surface area contributed by atoms with Crippen LogP contribution in [0.15, 0.2) is 30.5 Å². The second-order valence-electron chi connectivity index (χ2n) is 6.46. The van der Waals surface area contributed by atoms with Crippen molar-refractivity contribution in [3.63, 3.8) is 0 Å². The number of carbonyl (C=O) groups excluding carboxylic acids is 3. The van der Waals surface area contributed by atoms with Crippen LogP contribution in [0, 0.1) is 20.8 Å². The summed E-state index contributed by atoms with van der Waals surface area (Å²) in [5.41, 5.74) is 3.84. The first-order valence-electron chi connectivity index (χ1n) is 9.21. The highest BCUT2D eigenvalue weighted by atomic mass is 16.5. The summed E-state index contributed by atoms with van der Waals surface area (Å²) in [6, 6.07) is 7.00. The summed E-state index contributed by atoms with van der Waals surface area (Å²) in [6.45, 7) is 7.14. The molecule has 0 spiro atoms. The lowest BCUT2D eigenvalue weighted by Crippen LogP contribution is -2.35. The number of carbonyl (C=O) groups is 3. The molecule has 1 aromatic heterocycles. The molecule has 8 nitrogen and oxygen atoms in total. The van der Waals surface area contributed by atoms with Gasteiger partial charge in [-0.05, 0) is 51.0 Å². The summed E-state index contributed by atoms with van der Waals surface area (Å²) in [7, 11) is 0. The number of aromatic nitrogens is 1. The Morgan fingerprint density at radius 1 is 1.07 bits per heavy atom. The van der Waals surface area contributed by atoms with Crippen LogP contribution in [0.3, 0.4) is 0 Å². The van der Waals surface area contributed by atoms with Gasteiger partial charge in [-0.25, -0.2) is 9.78 Å². The molecule has 0 radical (unpaired) electrons. The number of hydrogen-bond acceptors (Lipinski definition) is 6. The van der Waals surface area contributed by atoms with E-state index in [-0.39, 0.29) is 23.9 Å². The van der Waals surface area contributed by atoms with E-state index in [1.165, 1.54) is 12.3 Å². The smallest absolute Gasteiger partial charge is 0.344 e. The Balaban J connectivity index is 1.83. The molecular weight excluding hydrogens is 374 g/mol. The van der Waals surface area contributed by atoms with Gasteiger partial charge in [-0.1, -0.05) is 17.7 Å². The maximum absolute atomic E-state index is 12.1. The van der Waals surface area contributed by atoms with Crippen LogP contribution < -0.4 is 15.4 Å². The highest BCUT2D eigenvalue weighted by molar-refractivity contribution is 5.97. The second kappa shape index (κ2) is 10.2. The van der Waals surface area contributed by atoms with Gasteiger partial charge in [0.2, 0.25) is 11.8 Å². The molecule has 1 aromatic carbocycles. The summed E-state index contributed by atoms with van der Waals surface area (Å²) in [6.07, 6.45) is 1.49. The zero-order valence-electron chi connectivity index (χ0n) is 17.0. The Morgan fingerprint density at radius 2 is 1.76 bits per heavy atom. The first kappa shape index (κ1) is 21.9. The minimum Gasteiger partial charge on any atom is -0.477 e. The van der Waals surface area contributed by atoms with Gasteiger partial charge in [0.15, 0.2) is 6.61 Å². The third-order valence-electron chi connectivity index (χ3n) is 3.99. The molecule has 0 aliphatic carbocycles. The Morgan fingerprint density at radius 3 is 2.41 bits per heavy atom. The van der Waals surface area contributed by atoms with Crippen LogP contribution in [0.4, 0.5) is 5.69 Å². The third-order valence-corrected chi connectivity index (χ3v) is 3.99. The molecule has 0 unspecified atom stereocenters. The predicted octanol–water partition coefficient (Wildman–Crippen LogP) is 2.32. The standard InChI is InChI=1S/C21H25N3O5/c1-5-28-20-16(7-6-8-22-20)21(27)29-12-18(26)23-11-17(25)24-19-14(3)9-13(2)10-15(19)4/h6-10H,5,11-12H2,1-4H3,(H,23,26)(H,24,25). The van der Waals surface area contributed by atoms with Crippen molar-refractivity contribution in [1.29, 1.82) is 0 Å². The van der Waals surface area contributed by atoms with Crippen LogP contribution in [0.5, 0.6) is 5.88 Å². The lowest BCUT2D eigenvalue weighted by atomic mass is 10.1. The summed E-state index contributed by atoms with van der Waals surface area (Å²) in [4.78, 5) is 40.1. The van der Waals surface area contributed by atoms with E-state index in [1.807, 2.05) is 32.9 Å². The Labute approximate surface area is 169 Å².